The molecule has 5 heteroatoms. The molecule has 102 valence electrons. The summed E-state index contributed by atoms with van der Waals surface area (Å²) < 4.78 is 0. The molecule has 0 saturated carbocycles. The van der Waals surface area contributed by atoms with E-state index in [1.807, 2.05) is 10.3 Å². The van der Waals surface area contributed by atoms with Gasteiger partial charge in [-0.15, -0.1) is 11.3 Å². The number of carbonyl (C=O) groups is 2. The number of hydrogen-bond donors (Lipinski definition) is 1. The smallest absolute Gasteiger partial charge is 0.328 e. The molecular weight excluding hydrogens is 262 g/mol. The third-order valence-electron chi connectivity index (χ3n) is 3.24. The summed E-state index contributed by atoms with van der Waals surface area (Å²) in [6.07, 6.45) is 4.76. The van der Waals surface area contributed by atoms with Crippen LogP contribution in [-0.4, -0.2) is 35.0 Å². The quantitative estimate of drug-likeness (QED) is 0.865. The number of nitrogens with zero attached hydrogens (tertiary/aromatic N) is 1. The first-order chi connectivity index (χ1) is 9.08. The summed E-state index contributed by atoms with van der Waals surface area (Å²) in [5, 5.41) is 10.5. The lowest BCUT2D eigenvalue weighted by Gasteiger charge is -2.30. The Labute approximate surface area is 116 Å². The van der Waals surface area contributed by atoms with Crippen molar-refractivity contribution in [2.75, 3.05) is 13.1 Å². The second kappa shape index (κ2) is 6.02. The van der Waals surface area contributed by atoms with Crippen LogP contribution < -0.4 is 0 Å². The molecule has 1 atom stereocenters. The van der Waals surface area contributed by atoms with Crippen molar-refractivity contribution in [1.82, 2.24) is 4.90 Å². The summed E-state index contributed by atoms with van der Waals surface area (Å²) in [5.41, 5.74) is 0.690. The molecule has 1 saturated heterocycles. The van der Waals surface area contributed by atoms with Gasteiger partial charge in [-0.1, -0.05) is 6.92 Å². The molecule has 1 unspecified atom stereocenters. The molecular formula is C14H17NO3S. The largest absolute Gasteiger partial charge is 0.478 e. The van der Waals surface area contributed by atoms with Crippen molar-refractivity contribution < 1.29 is 14.7 Å². The highest BCUT2D eigenvalue weighted by molar-refractivity contribution is 7.12. The van der Waals surface area contributed by atoms with E-state index in [0.29, 0.717) is 16.4 Å². The Hall–Kier alpha value is -1.62. The van der Waals surface area contributed by atoms with Crippen molar-refractivity contribution in [2.24, 2.45) is 5.92 Å². The van der Waals surface area contributed by atoms with Crippen molar-refractivity contribution in [3.63, 3.8) is 0 Å². The third-order valence-corrected chi connectivity index (χ3v) is 4.16. The van der Waals surface area contributed by atoms with Gasteiger partial charge in [0, 0.05) is 19.2 Å². The average Bonchev–Trinajstić information content (AvgIpc) is 2.83. The Morgan fingerprint density at radius 2 is 2.32 bits per heavy atom. The summed E-state index contributed by atoms with van der Waals surface area (Å²) in [6.45, 7) is 3.74. The van der Waals surface area contributed by atoms with Crippen LogP contribution in [0.1, 0.15) is 35.0 Å². The summed E-state index contributed by atoms with van der Waals surface area (Å²) in [6, 6.07) is 1.78. The highest BCUT2D eigenvalue weighted by Gasteiger charge is 2.24. The Balaban J connectivity index is 2.15. The van der Waals surface area contributed by atoms with Crippen LogP contribution in [0, 0.1) is 5.92 Å². The molecule has 1 amide bonds. The number of aliphatic carboxylic acids is 1. The van der Waals surface area contributed by atoms with Gasteiger partial charge in [0.05, 0.1) is 4.88 Å². The lowest BCUT2D eigenvalue weighted by atomic mass is 10.00. The Bertz CT molecular complexity index is 507. The maximum atomic E-state index is 12.4. The molecule has 1 aliphatic heterocycles. The molecule has 1 aliphatic rings. The summed E-state index contributed by atoms with van der Waals surface area (Å²) >= 11 is 1.37. The molecule has 19 heavy (non-hydrogen) atoms. The maximum absolute atomic E-state index is 12.4. The molecule has 4 nitrogen and oxygen atoms in total. The molecule has 2 heterocycles. The minimum absolute atomic E-state index is 0.0200. The monoisotopic (exact) mass is 279 g/mol. The number of thiophene rings is 1. The minimum atomic E-state index is -1.00. The van der Waals surface area contributed by atoms with Gasteiger partial charge in [-0.2, -0.15) is 0 Å². The van der Waals surface area contributed by atoms with Crippen LogP contribution in [-0.2, 0) is 4.79 Å². The van der Waals surface area contributed by atoms with Gasteiger partial charge < -0.3 is 10.0 Å². The van der Waals surface area contributed by atoms with Crippen LogP contribution >= 0.6 is 11.3 Å². The van der Waals surface area contributed by atoms with E-state index in [9.17, 15) is 9.59 Å². The first-order valence-electron chi connectivity index (χ1n) is 6.35. The van der Waals surface area contributed by atoms with Crippen molar-refractivity contribution in [2.45, 2.75) is 19.8 Å². The van der Waals surface area contributed by atoms with Crippen LogP contribution in [0.15, 0.2) is 17.5 Å². The van der Waals surface area contributed by atoms with Crippen molar-refractivity contribution in [3.8, 4) is 0 Å². The summed E-state index contributed by atoms with van der Waals surface area (Å²) in [5.74, 6) is -0.446. The fourth-order valence-corrected chi connectivity index (χ4v) is 3.16. The van der Waals surface area contributed by atoms with Crippen molar-refractivity contribution >= 4 is 29.3 Å². The molecule has 1 N–H and O–H groups in total. The zero-order valence-electron chi connectivity index (χ0n) is 10.8. The van der Waals surface area contributed by atoms with Crippen molar-refractivity contribution in [1.29, 1.82) is 0 Å². The van der Waals surface area contributed by atoms with Crippen LogP contribution in [0.3, 0.4) is 0 Å². The van der Waals surface area contributed by atoms with E-state index in [-0.39, 0.29) is 5.91 Å². The molecule has 1 aromatic heterocycles. The summed E-state index contributed by atoms with van der Waals surface area (Å²) in [4.78, 5) is 25.5. The number of amides is 1. The van der Waals surface area contributed by atoms with Gasteiger partial charge >= 0.3 is 5.97 Å². The Kier molecular flexibility index (Phi) is 4.37. The molecule has 0 aliphatic carbocycles. The van der Waals surface area contributed by atoms with E-state index < -0.39 is 5.97 Å². The lowest BCUT2D eigenvalue weighted by Crippen LogP contribution is -2.38. The zero-order valence-corrected chi connectivity index (χ0v) is 11.7. The highest BCUT2D eigenvalue weighted by atomic mass is 32.1. The number of likely N-dealkylation sites (tertiary alicyclic amines) is 1. The van der Waals surface area contributed by atoms with Gasteiger partial charge in [-0.05, 0) is 41.8 Å². The molecule has 0 radical (unpaired) electrons. The molecule has 0 spiro atoms. The van der Waals surface area contributed by atoms with E-state index in [4.69, 9.17) is 5.11 Å². The number of hydrogen-bond acceptors (Lipinski definition) is 3. The molecule has 0 aromatic carbocycles. The fourth-order valence-electron chi connectivity index (χ4n) is 2.30. The van der Waals surface area contributed by atoms with E-state index in [1.54, 1.807) is 6.07 Å². The van der Waals surface area contributed by atoms with Gasteiger partial charge in [-0.3, -0.25) is 4.79 Å². The van der Waals surface area contributed by atoms with Crippen LogP contribution in [0.25, 0.3) is 6.08 Å². The predicted molar refractivity (Wildman–Crippen MR) is 75.3 cm³/mol. The van der Waals surface area contributed by atoms with E-state index in [2.05, 4.69) is 6.92 Å². The van der Waals surface area contributed by atoms with Crippen LogP contribution in [0.2, 0.25) is 0 Å². The SMILES string of the molecule is CC1CCCN(C(=O)c2sccc2C=CC(=O)O)C1. The normalized spacial score (nSPS) is 19.8. The standard InChI is InChI=1S/C14H17NO3S/c1-10-3-2-7-15(9-10)14(18)13-11(6-8-19-13)4-5-12(16)17/h4-6,8,10H,2-3,7,9H2,1H3,(H,16,17). The third kappa shape index (κ3) is 3.44. The zero-order chi connectivity index (χ0) is 13.8. The number of carboxylic acid groups (broad SMARTS) is 1. The number of carbonyl (C=O) groups excluding carboxylic acids is 1. The average molecular weight is 279 g/mol. The van der Waals surface area contributed by atoms with E-state index in [1.165, 1.54) is 23.8 Å². The van der Waals surface area contributed by atoms with Gasteiger partial charge in [0.15, 0.2) is 0 Å². The van der Waals surface area contributed by atoms with Gasteiger partial charge in [0.1, 0.15) is 0 Å². The van der Waals surface area contributed by atoms with E-state index >= 15 is 0 Å². The number of piperidine rings is 1. The first-order valence-corrected chi connectivity index (χ1v) is 7.23. The topological polar surface area (TPSA) is 57.6 Å². The van der Waals surface area contributed by atoms with Crippen molar-refractivity contribution in [3.05, 3.63) is 28.0 Å². The van der Waals surface area contributed by atoms with E-state index in [0.717, 1.165) is 25.6 Å². The lowest BCUT2D eigenvalue weighted by molar-refractivity contribution is -0.131. The first kappa shape index (κ1) is 13.8. The maximum Gasteiger partial charge on any atom is 0.328 e. The molecule has 2 rings (SSSR count). The van der Waals surface area contributed by atoms with Gasteiger partial charge in [0.2, 0.25) is 0 Å². The van der Waals surface area contributed by atoms with Gasteiger partial charge in [0.25, 0.3) is 5.91 Å². The van der Waals surface area contributed by atoms with Crippen LogP contribution in [0.4, 0.5) is 0 Å². The summed E-state index contributed by atoms with van der Waals surface area (Å²) in [7, 11) is 0. The minimum Gasteiger partial charge on any atom is -0.478 e. The highest BCUT2D eigenvalue weighted by Crippen LogP contribution is 2.24. The molecule has 0 bridgehead atoms. The Morgan fingerprint density at radius 1 is 1.53 bits per heavy atom. The second-order valence-electron chi connectivity index (χ2n) is 4.88. The predicted octanol–water partition coefficient (Wildman–Crippen LogP) is 2.72. The fraction of sp³-hybridized carbons (Fsp3) is 0.429. The Morgan fingerprint density at radius 3 is 3.00 bits per heavy atom. The van der Waals surface area contributed by atoms with Gasteiger partial charge in [-0.25, -0.2) is 4.79 Å². The van der Waals surface area contributed by atoms with Crippen LogP contribution in [0.5, 0.6) is 0 Å². The second-order valence-corrected chi connectivity index (χ2v) is 5.79. The number of carboxylic acids is 1. The molecule has 1 fully saturated rings. The number of rotatable bonds is 3. The molecule has 1 aromatic rings.